The van der Waals surface area contributed by atoms with Crippen molar-refractivity contribution < 1.29 is 4.79 Å². The van der Waals surface area contributed by atoms with Gasteiger partial charge in [-0.05, 0) is 41.5 Å². The van der Waals surface area contributed by atoms with Gasteiger partial charge in [0, 0.05) is 18.0 Å². The van der Waals surface area contributed by atoms with E-state index in [2.05, 4.69) is 33.7 Å². The van der Waals surface area contributed by atoms with Crippen LogP contribution in [0.5, 0.6) is 0 Å². The van der Waals surface area contributed by atoms with Crippen LogP contribution >= 0.6 is 0 Å². The molecule has 1 heterocycles. The molecular formula is C18H15N3O. The highest BCUT2D eigenvalue weighted by atomic mass is 16.2. The second-order valence-corrected chi connectivity index (χ2v) is 4.94. The predicted molar refractivity (Wildman–Crippen MR) is 87.9 cm³/mol. The Morgan fingerprint density at radius 3 is 2.45 bits per heavy atom. The summed E-state index contributed by atoms with van der Waals surface area (Å²) in [4.78, 5) is 15.8. The molecule has 0 unspecified atom stereocenters. The number of benzene rings is 2. The summed E-state index contributed by atoms with van der Waals surface area (Å²) in [6.07, 6.45) is 3.16. The monoisotopic (exact) mass is 289 g/mol. The highest BCUT2D eigenvalue weighted by Gasteiger charge is 2.04. The van der Waals surface area contributed by atoms with Gasteiger partial charge in [0.2, 0.25) is 0 Å². The van der Waals surface area contributed by atoms with Gasteiger partial charge in [-0.25, -0.2) is 5.43 Å². The molecule has 0 aliphatic heterocycles. The van der Waals surface area contributed by atoms with Gasteiger partial charge in [0.05, 0.1) is 5.71 Å². The van der Waals surface area contributed by atoms with Crippen LogP contribution in [0.2, 0.25) is 0 Å². The molecule has 0 atom stereocenters. The minimum Gasteiger partial charge on any atom is -0.267 e. The fraction of sp³-hybridized carbons (Fsp3) is 0.0556. The number of aromatic nitrogens is 1. The van der Waals surface area contributed by atoms with E-state index in [-0.39, 0.29) is 5.91 Å². The lowest BCUT2D eigenvalue weighted by Crippen LogP contribution is -2.19. The van der Waals surface area contributed by atoms with Crippen LogP contribution in [0.4, 0.5) is 0 Å². The van der Waals surface area contributed by atoms with Crippen molar-refractivity contribution in [3.05, 3.63) is 78.1 Å². The minimum absolute atomic E-state index is 0.248. The highest BCUT2D eigenvalue weighted by molar-refractivity contribution is 6.03. The quantitative estimate of drug-likeness (QED) is 0.593. The smallest absolute Gasteiger partial charge is 0.267 e. The van der Waals surface area contributed by atoms with Gasteiger partial charge < -0.3 is 0 Å². The minimum atomic E-state index is -0.248. The van der Waals surface area contributed by atoms with E-state index in [9.17, 15) is 4.79 Å². The van der Waals surface area contributed by atoms with Crippen molar-refractivity contribution in [1.29, 1.82) is 0 Å². The van der Waals surface area contributed by atoms with Gasteiger partial charge in [-0.3, -0.25) is 9.78 Å². The van der Waals surface area contributed by atoms with Crippen LogP contribution < -0.4 is 5.43 Å². The van der Waals surface area contributed by atoms with Crippen molar-refractivity contribution in [3.8, 4) is 0 Å². The molecule has 0 spiro atoms. The number of hydrogen-bond acceptors (Lipinski definition) is 3. The van der Waals surface area contributed by atoms with Crippen molar-refractivity contribution in [2.45, 2.75) is 6.92 Å². The van der Waals surface area contributed by atoms with Crippen LogP contribution in [0.25, 0.3) is 10.8 Å². The first-order valence-corrected chi connectivity index (χ1v) is 6.98. The zero-order valence-electron chi connectivity index (χ0n) is 12.2. The van der Waals surface area contributed by atoms with E-state index < -0.39 is 0 Å². The first-order chi connectivity index (χ1) is 10.7. The van der Waals surface area contributed by atoms with Gasteiger partial charge in [0.25, 0.3) is 5.91 Å². The fourth-order valence-electron chi connectivity index (χ4n) is 2.18. The maximum absolute atomic E-state index is 11.9. The van der Waals surface area contributed by atoms with Gasteiger partial charge in [0.15, 0.2) is 0 Å². The Labute approximate surface area is 128 Å². The Bertz CT molecular complexity index is 841. The molecule has 22 heavy (non-hydrogen) atoms. The van der Waals surface area contributed by atoms with Gasteiger partial charge in [-0.2, -0.15) is 5.10 Å². The summed E-state index contributed by atoms with van der Waals surface area (Å²) in [6.45, 7) is 1.87. The zero-order chi connectivity index (χ0) is 15.4. The molecule has 0 bridgehead atoms. The maximum Gasteiger partial charge on any atom is 0.271 e. The largest absolute Gasteiger partial charge is 0.271 e. The molecule has 1 N–H and O–H groups in total. The van der Waals surface area contributed by atoms with Gasteiger partial charge >= 0.3 is 0 Å². The van der Waals surface area contributed by atoms with E-state index in [1.807, 2.05) is 31.2 Å². The Morgan fingerprint density at radius 2 is 1.68 bits per heavy atom. The molecular weight excluding hydrogens is 274 g/mol. The average Bonchev–Trinajstić information content (AvgIpc) is 2.59. The van der Waals surface area contributed by atoms with Crippen molar-refractivity contribution in [2.75, 3.05) is 0 Å². The number of pyridine rings is 1. The van der Waals surface area contributed by atoms with Crippen LogP contribution in [0.1, 0.15) is 22.8 Å². The second kappa shape index (κ2) is 6.18. The molecule has 0 radical (unpaired) electrons. The Kier molecular flexibility index (Phi) is 3.92. The predicted octanol–water partition coefficient (Wildman–Crippen LogP) is 3.39. The topological polar surface area (TPSA) is 54.4 Å². The van der Waals surface area contributed by atoms with Crippen LogP contribution in [0.3, 0.4) is 0 Å². The fourth-order valence-corrected chi connectivity index (χ4v) is 2.18. The average molecular weight is 289 g/mol. The van der Waals surface area contributed by atoms with Gasteiger partial charge in [-0.15, -0.1) is 0 Å². The third-order valence-corrected chi connectivity index (χ3v) is 3.43. The number of carbonyl (C=O) groups is 1. The SMILES string of the molecule is C/C(=N/NC(=O)c1ccncc1)c1ccc2ccccc2c1. The first-order valence-electron chi connectivity index (χ1n) is 6.98. The molecule has 2 aromatic carbocycles. The van der Waals surface area contributed by atoms with E-state index >= 15 is 0 Å². The first kappa shape index (κ1) is 13.9. The number of hydrogen-bond donors (Lipinski definition) is 1. The van der Waals surface area contributed by atoms with E-state index in [1.165, 1.54) is 5.39 Å². The molecule has 0 saturated carbocycles. The number of nitrogens with zero attached hydrogens (tertiary/aromatic N) is 2. The van der Waals surface area contributed by atoms with Crippen LogP contribution in [-0.2, 0) is 0 Å². The molecule has 4 nitrogen and oxygen atoms in total. The normalized spacial score (nSPS) is 11.4. The van der Waals surface area contributed by atoms with Crippen molar-refractivity contribution in [3.63, 3.8) is 0 Å². The molecule has 0 aliphatic rings. The lowest BCUT2D eigenvalue weighted by atomic mass is 10.0. The maximum atomic E-state index is 11.9. The van der Waals surface area contributed by atoms with Crippen LogP contribution in [0, 0.1) is 0 Å². The van der Waals surface area contributed by atoms with Crippen LogP contribution in [0.15, 0.2) is 72.1 Å². The van der Waals surface area contributed by atoms with E-state index in [0.717, 1.165) is 16.7 Å². The third kappa shape index (κ3) is 3.01. The Hall–Kier alpha value is -3.01. The number of rotatable bonds is 3. The Balaban J connectivity index is 1.80. The molecule has 0 aliphatic carbocycles. The third-order valence-electron chi connectivity index (χ3n) is 3.43. The number of nitrogens with one attached hydrogen (secondary N) is 1. The lowest BCUT2D eigenvalue weighted by molar-refractivity contribution is 0.0954. The summed E-state index contributed by atoms with van der Waals surface area (Å²) in [6, 6.07) is 17.5. The van der Waals surface area contributed by atoms with Crippen molar-refractivity contribution in [2.24, 2.45) is 5.10 Å². The molecule has 108 valence electrons. The van der Waals surface area contributed by atoms with E-state index in [4.69, 9.17) is 0 Å². The number of carbonyl (C=O) groups excluding carboxylic acids is 1. The summed E-state index contributed by atoms with van der Waals surface area (Å²) in [5, 5.41) is 6.50. The van der Waals surface area contributed by atoms with Gasteiger partial charge in [0.1, 0.15) is 0 Å². The van der Waals surface area contributed by atoms with Crippen molar-refractivity contribution >= 4 is 22.4 Å². The molecule has 1 aromatic heterocycles. The molecule has 0 fully saturated rings. The Morgan fingerprint density at radius 1 is 0.955 bits per heavy atom. The summed E-state index contributed by atoms with van der Waals surface area (Å²) >= 11 is 0. The zero-order valence-corrected chi connectivity index (χ0v) is 12.2. The summed E-state index contributed by atoms with van der Waals surface area (Å²) in [7, 11) is 0. The molecule has 3 aromatic rings. The second-order valence-electron chi connectivity index (χ2n) is 4.94. The van der Waals surface area contributed by atoms with E-state index in [1.54, 1.807) is 24.5 Å². The van der Waals surface area contributed by atoms with Crippen molar-refractivity contribution in [1.82, 2.24) is 10.4 Å². The van der Waals surface area contributed by atoms with E-state index in [0.29, 0.717) is 5.56 Å². The van der Waals surface area contributed by atoms with Gasteiger partial charge in [-0.1, -0.05) is 36.4 Å². The number of amides is 1. The number of hydrazone groups is 1. The standard InChI is InChI=1S/C18H15N3O/c1-13(20-21-18(22)15-8-10-19-11-9-15)16-7-6-14-4-2-3-5-17(14)12-16/h2-12H,1H3,(H,21,22)/b20-13-. The molecule has 3 rings (SSSR count). The summed E-state index contributed by atoms with van der Waals surface area (Å²) in [5.41, 5.74) is 4.84. The lowest BCUT2D eigenvalue weighted by Gasteiger charge is -2.04. The summed E-state index contributed by atoms with van der Waals surface area (Å²) in [5.74, 6) is -0.248. The highest BCUT2D eigenvalue weighted by Crippen LogP contribution is 2.16. The van der Waals surface area contributed by atoms with Crippen LogP contribution in [-0.4, -0.2) is 16.6 Å². The number of fused-ring (bicyclic) bond motifs is 1. The summed E-state index contributed by atoms with van der Waals surface area (Å²) < 4.78 is 0. The molecule has 0 saturated heterocycles. The molecule has 4 heteroatoms. The molecule has 1 amide bonds.